The van der Waals surface area contributed by atoms with Crippen LogP contribution in [0.15, 0.2) is 22.8 Å². The molecule has 1 rings (SSSR count). The third-order valence-electron chi connectivity index (χ3n) is 2.96. The Morgan fingerprint density at radius 3 is 2.79 bits per heavy atom. The molecule has 0 saturated heterocycles. The molecule has 108 valence electrons. The van der Waals surface area contributed by atoms with E-state index < -0.39 is 0 Å². The van der Waals surface area contributed by atoms with Gasteiger partial charge < -0.3 is 20.2 Å². The van der Waals surface area contributed by atoms with Crippen molar-refractivity contribution in [2.45, 2.75) is 37.7 Å². The smallest absolute Gasteiger partial charge is 0.237 e. The fourth-order valence-electron chi connectivity index (χ4n) is 1.75. The molecule has 19 heavy (non-hydrogen) atoms. The average Bonchev–Trinajstić information content (AvgIpc) is 2.90. The number of carbonyl (C=O) groups excluding carboxylic acids is 1. The zero-order valence-electron chi connectivity index (χ0n) is 11.6. The summed E-state index contributed by atoms with van der Waals surface area (Å²) in [6.45, 7) is 4.25. The van der Waals surface area contributed by atoms with Gasteiger partial charge in [0.1, 0.15) is 5.76 Å². The fraction of sp³-hybridized carbons (Fsp3) is 0.615. The summed E-state index contributed by atoms with van der Waals surface area (Å²) < 4.78 is 5.15. The SMILES string of the molecule is CSC(CO)C(C)NC(C)C(=O)NCc1ccco1. The molecule has 0 saturated carbocycles. The highest BCUT2D eigenvalue weighted by molar-refractivity contribution is 7.99. The van der Waals surface area contributed by atoms with Crippen molar-refractivity contribution < 1.29 is 14.3 Å². The number of carbonyl (C=O) groups is 1. The lowest BCUT2D eigenvalue weighted by Crippen LogP contribution is -2.49. The molecule has 1 amide bonds. The Labute approximate surface area is 118 Å². The molecule has 0 aromatic carbocycles. The van der Waals surface area contributed by atoms with Crippen LogP contribution in [0, 0.1) is 0 Å². The van der Waals surface area contributed by atoms with E-state index in [1.54, 1.807) is 24.1 Å². The van der Waals surface area contributed by atoms with Crippen molar-refractivity contribution in [1.82, 2.24) is 10.6 Å². The summed E-state index contributed by atoms with van der Waals surface area (Å²) in [4.78, 5) is 11.9. The zero-order chi connectivity index (χ0) is 14.3. The van der Waals surface area contributed by atoms with Gasteiger partial charge in [-0.15, -0.1) is 0 Å². The van der Waals surface area contributed by atoms with Gasteiger partial charge in [-0.1, -0.05) is 0 Å². The van der Waals surface area contributed by atoms with Crippen molar-refractivity contribution in [3.8, 4) is 0 Å². The highest BCUT2D eigenvalue weighted by Gasteiger charge is 2.20. The maximum absolute atomic E-state index is 11.9. The number of furan rings is 1. The average molecular weight is 286 g/mol. The van der Waals surface area contributed by atoms with Crippen LogP contribution in [-0.4, -0.2) is 41.2 Å². The lowest BCUT2D eigenvalue weighted by atomic mass is 10.2. The first-order valence-electron chi connectivity index (χ1n) is 6.28. The molecule has 0 aliphatic rings. The molecular formula is C13H22N2O3S. The van der Waals surface area contributed by atoms with Gasteiger partial charge in [-0.2, -0.15) is 11.8 Å². The number of hydrogen-bond donors (Lipinski definition) is 3. The van der Waals surface area contributed by atoms with Crippen LogP contribution in [0.5, 0.6) is 0 Å². The molecule has 5 nitrogen and oxygen atoms in total. The first kappa shape index (κ1) is 16.1. The Morgan fingerprint density at radius 2 is 2.26 bits per heavy atom. The van der Waals surface area contributed by atoms with Gasteiger partial charge in [0.2, 0.25) is 5.91 Å². The molecule has 0 fully saturated rings. The summed E-state index contributed by atoms with van der Waals surface area (Å²) >= 11 is 1.58. The van der Waals surface area contributed by atoms with Gasteiger partial charge in [-0.05, 0) is 32.2 Å². The van der Waals surface area contributed by atoms with Crippen LogP contribution in [0.25, 0.3) is 0 Å². The number of nitrogens with one attached hydrogen (secondary N) is 2. The topological polar surface area (TPSA) is 74.5 Å². The summed E-state index contributed by atoms with van der Waals surface area (Å²) in [5.41, 5.74) is 0. The predicted octanol–water partition coefficient (Wildman–Crippen LogP) is 0.986. The van der Waals surface area contributed by atoms with Crippen LogP contribution in [0.3, 0.4) is 0 Å². The summed E-state index contributed by atoms with van der Waals surface area (Å²) in [5, 5.41) is 15.3. The van der Waals surface area contributed by atoms with E-state index in [0.29, 0.717) is 6.54 Å². The zero-order valence-corrected chi connectivity index (χ0v) is 12.4. The van der Waals surface area contributed by atoms with Crippen molar-refractivity contribution in [1.29, 1.82) is 0 Å². The van der Waals surface area contributed by atoms with Crippen LogP contribution < -0.4 is 10.6 Å². The maximum atomic E-state index is 11.9. The van der Waals surface area contributed by atoms with Crippen LogP contribution >= 0.6 is 11.8 Å². The lowest BCUT2D eigenvalue weighted by molar-refractivity contribution is -0.123. The van der Waals surface area contributed by atoms with Gasteiger partial charge in [0.25, 0.3) is 0 Å². The fourth-order valence-corrected chi connectivity index (χ4v) is 2.39. The Hall–Kier alpha value is -0.980. The number of hydrogen-bond acceptors (Lipinski definition) is 5. The van der Waals surface area contributed by atoms with E-state index >= 15 is 0 Å². The molecular weight excluding hydrogens is 264 g/mol. The van der Waals surface area contributed by atoms with Crippen LogP contribution in [0.4, 0.5) is 0 Å². The first-order chi connectivity index (χ1) is 9.08. The minimum atomic E-state index is -0.314. The van der Waals surface area contributed by atoms with Gasteiger partial charge in [0, 0.05) is 11.3 Å². The molecule has 0 radical (unpaired) electrons. The minimum absolute atomic E-state index is 0.0596. The predicted molar refractivity (Wildman–Crippen MR) is 77.0 cm³/mol. The lowest BCUT2D eigenvalue weighted by Gasteiger charge is -2.24. The van der Waals surface area contributed by atoms with Crippen LogP contribution in [-0.2, 0) is 11.3 Å². The van der Waals surface area contributed by atoms with E-state index in [0.717, 1.165) is 5.76 Å². The van der Waals surface area contributed by atoms with Crippen molar-refractivity contribution in [3.63, 3.8) is 0 Å². The quantitative estimate of drug-likeness (QED) is 0.664. The van der Waals surface area contributed by atoms with Gasteiger partial charge in [-0.25, -0.2) is 0 Å². The molecule has 6 heteroatoms. The van der Waals surface area contributed by atoms with Crippen molar-refractivity contribution in [2.24, 2.45) is 0 Å². The van der Waals surface area contributed by atoms with Crippen molar-refractivity contribution in [3.05, 3.63) is 24.2 Å². The molecule has 0 spiro atoms. The Balaban J connectivity index is 2.35. The Morgan fingerprint density at radius 1 is 1.53 bits per heavy atom. The van der Waals surface area contributed by atoms with E-state index in [2.05, 4.69) is 10.6 Å². The maximum Gasteiger partial charge on any atom is 0.237 e. The normalized spacial score (nSPS) is 15.8. The monoisotopic (exact) mass is 286 g/mol. The third kappa shape index (κ3) is 5.26. The number of rotatable bonds is 8. The van der Waals surface area contributed by atoms with Gasteiger partial charge in [-0.3, -0.25) is 4.79 Å². The largest absolute Gasteiger partial charge is 0.467 e. The molecule has 0 bridgehead atoms. The summed E-state index contributed by atoms with van der Waals surface area (Å²) in [5.74, 6) is 0.645. The second-order valence-electron chi connectivity index (χ2n) is 4.43. The minimum Gasteiger partial charge on any atom is -0.467 e. The van der Waals surface area contributed by atoms with Crippen molar-refractivity contribution >= 4 is 17.7 Å². The van der Waals surface area contributed by atoms with Gasteiger partial charge in [0.15, 0.2) is 0 Å². The molecule has 3 unspecified atom stereocenters. The van der Waals surface area contributed by atoms with Crippen molar-refractivity contribution in [2.75, 3.05) is 12.9 Å². The highest BCUT2D eigenvalue weighted by Crippen LogP contribution is 2.10. The molecule has 3 atom stereocenters. The number of aliphatic hydroxyl groups is 1. The van der Waals surface area contributed by atoms with Crippen LogP contribution in [0.1, 0.15) is 19.6 Å². The first-order valence-corrected chi connectivity index (χ1v) is 7.57. The molecule has 1 heterocycles. The Bertz CT molecular complexity index is 366. The van der Waals surface area contributed by atoms with Gasteiger partial charge >= 0.3 is 0 Å². The second-order valence-corrected chi connectivity index (χ2v) is 5.51. The molecule has 3 N–H and O–H groups in total. The van der Waals surface area contributed by atoms with E-state index in [1.165, 1.54) is 0 Å². The summed E-state index contributed by atoms with van der Waals surface area (Å²) in [6.07, 6.45) is 3.52. The Kier molecular flexibility index (Phi) is 6.97. The summed E-state index contributed by atoms with van der Waals surface area (Å²) in [6, 6.07) is 3.35. The highest BCUT2D eigenvalue weighted by atomic mass is 32.2. The van der Waals surface area contributed by atoms with E-state index in [4.69, 9.17) is 4.42 Å². The third-order valence-corrected chi connectivity index (χ3v) is 4.13. The molecule has 0 aliphatic heterocycles. The number of thioether (sulfide) groups is 1. The van der Waals surface area contributed by atoms with E-state index in [1.807, 2.05) is 26.2 Å². The molecule has 0 aliphatic carbocycles. The number of amides is 1. The molecule has 1 aromatic heterocycles. The van der Waals surface area contributed by atoms with Gasteiger partial charge in [0.05, 0.1) is 25.5 Å². The van der Waals surface area contributed by atoms with E-state index in [-0.39, 0.29) is 29.8 Å². The van der Waals surface area contributed by atoms with Crippen LogP contribution in [0.2, 0.25) is 0 Å². The van der Waals surface area contributed by atoms with E-state index in [9.17, 15) is 9.90 Å². The summed E-state index contributed by atoms with van der Waals surface area (Å²) in [7, 11) is 0. The second kappa shape index (κ2) is 8.24. The standard InChI is InChI=1S/C13H22N2O3S/c1-9(12(8-16)19-3)15-10(2)13(17)14-7-11-5-4-6-18-11/h4-6,9-10,12,15-16H,7-8H2,1-3H3,(H,14,17). The molecule has 1 aromatic rings. The number of aliphatic hydroxyl groups excluding tert-OH is 1.